The summed E-state index contributed by atoms with van der Waals surface area (Å²) in [5.41, 5.74) is 3.98. The molecule has 0 bridgehead atoms. The third-order valence-corrected chi connectivity index (χ3v) is 4.37. The van der Waals surface area contributed by atoms with Crippen LogP contribution in [0.1, 0.15) is 36.4 Å². The molecular formula is C20H19BrN2O3. The Morgan fingerprint density at radius 1 is 1.27 bits per heavy atom. The van der Waals surface area contributed by atoms with Crippen LogP contribution < -0.4 is 10.2 Å². The molecule has 26 heavy (non-hydrogen) atoms. The number of nitrogens with zero attached hydrogens (tertiary/aromatic N) is 1. The van der Waals surface area contributed by atoms with Gasteiger partial charge in [-0.05, 0) is 67.4 Å². The molecule has 0 unspecified atom stereocenters. The second kappa shape index (κ2) is 8.19. The Bertz CT molecular complexity index is 932. The largest absolute Gasteiger partial charge is 0.491 e. The Labute approximate surface area is 160 Å². The van der Waals surface area contributed by atoms with Crippen LogP contribution in [0.15, 0.2) is 62.5 Å². The van der Waals surface area contributed by atoms with Crippen molar-refractivity contribution in [1.29, 1.82) is 0 Å². The molecule has 0 aliphatic carbocycles. The van der Waals surface area contributed by atoms with Crippen molar-refractivity contribution in [2.75, 3.05) is 0 Å². The highest BCUT2D eigenvalue weighted by molar-refractivity contribution is 9.10. The van der Waals surface area contributed by atoms with Crippen molar-refractivity contribution in [1.82, 2.24) is 5.43 Å². The second-order valence-corrected chi connectivity index (χ2v) is 6.81. The van der Waals surface area contributed by atoms with E-state index in [1.807, 2.05) is 49.4 Å². The molecule has 134 valence electrons. The van der Waals surface area contributed by atoms with Gasteiger partial charge in [-0.2, -0.15) is 5.10 Å². The van der Waals surface area contributed by atoms with Gasteiger partial charge in [0.15, 0.2) is 5.76 Å². The van der Waals surface area contributed by atoms with E-state index in [9.17, 15) is 4.79 Å². The Balaban J connectivity index is 1.61. The van der Waals surface area contributed by atoms with E-state index >= 15 is 0 Å². The number of hydrogen-bond acceptors (Lipinski definition) is 4. The highest BCUT2D eigenvalue weighted by atomic mass is 79.9. The van der Waals surface area contributed by atoms with Gasteiger partial charge in [0.1, 0.15) is 11.3 Å². The fourth-order valence-electron chi connectivity index (χ4n) is 2.29. The molecule has 1 amide bonds. The molecule has 0 radical (unpaired) electrons. The fraction of sp³-hybridized carbons (Fsp3) is 0.200. The Morgan fingerprint density at radius 2 is 2.04 bits per heavy atom. The van der Waals surface area contributed by atoms with Gasteiger partial charge < -0.3 is 9.15 Å². The normalized spacial score (nSPS) is 12.4. The summed E-state index contributed by atoms with van der Waals surface area (Å²) in [5.74, 6) is 0.631. The minimum atomic E-state index is -0.398. The second-order valence-electron chi connectivity index (χ2n) is 5.90. The Kier molecular flexibility index (Phi) is 5.73. The molecule has 0 saturated carbocycles. The lowest BCUT2D eigenvalue weighted by atomic mass is 10.2. The van der Waals surface area contributed by atoms with E-state index in [-0.39, 0.29) is 11.9 Å². The Hall–Kier alpha value is -2.60. The zero-order valence-corrected chi connectivity index (χ0v) is 16.1. The zero-order chi connectivity index (χ0) is 18.5. The summed E-state index contributed by atoms with van der Waals surface area (Å²) in [6, 6.07) is 14.8. The van der Waals surface area contributed by atoms with E-state index in [2.05, 4.69) is 33.4 Å². The van der Waals surface area contributed by atoms with Gasteiger partial charge in [0, 0.05) is 9.86 Å². The van der Waals surface area contributed by atoms with Crippen molar-refractivity contribution in [3.8, 4) is 5.75 Å². The molecule has 5 nitrogen and oxygen atoms in total. The van der Waals surface area contributed by atoms with Gasteiger partial charge in [-0.3, -0.25) is 4.79 Å². The van der Waals surface area contributed by atoms with Crippen LogP contribution in [0.3, 0.4) is 0 Å². The SMILES string of the molecule is CC[C@H](C)Oc1ccc(/C=N/NC(=O)c2cc3cc(Br)ccc3o2)cc1. The minimum Gasteiger partial charge on any atom is -0.491 e. The van der Waals surface area contributed by atoms with Crippen LogP contribution in [0.5, 0.6) is 5.75 Å². The number of ether oxygens (including phenoxy) is 1. The van der Waals surface area contributed by atoms with Crippen LogP contribution in [0.2, 0.25) is 0 Å². The molecule has 6 heteroatoms. The first-order chi connectivity index (χ1) is 12.5. The first-order valence-corrected chi connectivity index (χ1v) is 9.13. The summed E-state index contributed by atoms with van der Waals surface area (Å²) >= 11 is 3.39. The number of amides is 1. The van der Waals surface area contributed by atoms with Gasteiger partial charge in [0.2, 0.25) is 0 Å². The van der Waals surface area contributed by atoms with E-state index in [1.54, 1.807) is 12.3 Å². The summed E-state index contributed by atoms with van der Waals surface area (Å²) in [7, 11) is 0. The zero-order valence-electron chi connectivity index (χ0n) is 14.5. The number of carbonyl (C=O) groups is 1. The first kappa shape index (κ1) is 18.2. The van der Waals surface area contributed by atoms with Gasteiger partial charge in [-0.1, -0.05) is 22.9 Å². The molecule has 1 N–H and O–H groups in total. The van der Waals surface area contributed by atoms with E-state index in [0.29, 0.717) is 5.58 Å². The van der Waals surface area contributed by atoms with E-state index in [1.165, 1.54) is 0 Å². The monoisotopic (exact) mass is 414 g/mol. The first-order valence-electron chi connectivity index (χ1n) is 8.34. The highest BCUT2D eigenvalue weighted by Gasteiger charge is 2.11. The molecule has 0 saturated heterocycles. The number of hydrogen-bond donors (Lipinski definition) is 1. The fourth-order valence-corrected chi connectivity index (χ4v) is 2.67. The number of fused-ring (bicyclic) bond motifs is 1. The predicted molar refractivity (Wildman–Crippen MR) is 106 cm³/mol. The van der Waals surface area contributed by atoms with E-state index < -0.39 is 5.91 Å². The third kappa shape index (κ3) is 4.52. The van der Waals surface area contributed by atoms with E-state index in [4.69, 9.17) is 9.15 Å². The number of nitrogens with one attached hydrogen (secondary N) is 1. The molecule has 3 rings (SSSR count). The van der Waals surface area contributed by atoms with Gasteiger partial charge >= 0.3 is 5.91 Å². The number of hydrazone groups is 1. The summed E-state index contributed by atoms with van der Waals surface area (Å²) < 4.78 is 12.2. The molecule has 3 aromatic rings. The predicted octanol–water partition coefficient (Wildman–Crippen LogP) is 5.14. The van der Waals surface area contributed by atoms with Crippen LogP contribution in [-0.2, 0) is 0 Å². The number of furan rings is 1. The van der Waals surface area contributed by atoms with Crippen LogP contribution in [0, 0.1) is 0 Å². The van der Waals surface area contributed by atoms with E-state index in [0.717, 1.165) is 27.6 Å². The molecular weight excluding hydrogens is 396 g/mol. The lowest BCUT2D eigenvalue weighted by Crippen LogP contribution is -2.16. The van der Waals surface area contributed by atoms with Gasteiger partial charge in [0.25, 0.3) is 0 Å². The molecule has 2 aromatic carbocycles. The lowest BCUT2D eigenvalue weighted by Gasteiger charge is -2.12. The number of halogens is 1. The van der Waals surface area contributed by atoms with Gasteiger partial charge in [-0.25, -0.2) is 5.43 Å². The summed E-state index contributed by atoms with van der Waals surface area (Å²) in [5, 5.41) is 4.83. The molecule has 1 aromatic heterocycles. The van der Waals surface area contributed by atoms with Crippen LogP contribution in [0.25, 0.3) is 11.0 Å². The topological polar surface area (TPSA) is 63.8 Å². The van der Waals surface area contributed by atoms with Crippen molar-refractivity contribution < 1.29 is 13.9 Å². The highest BCUT2D eigenvalue weighted by Crippen LogP contribution is 2.23. The average Bonchev–Trinajstić information content (AvgIpc) is 3.06. The van der Waals surface area contributed by atoms with Crippen molar-refractivity contribution in [2.24, 2.45) is 5.10 Å². The molecule has 1 atom stereocenters. The maximum Gasteiger partial charge on any atom is 0.307 e. The van der Waals surface area contributed by atoms with Gasteiger partial charge in [0.05, 0.1) is 12.3 Å². The van der Waals surface area contributed by atoms with Crippen LogP contribution in [0.4, 0.5) is 0 Å². The molecule has 0 fully saturated rings. The molecule has 0 spiro atoms. The Morgan fingerprint density at radius 3 is 2.77 bits per heavy atom. The maximum atomic E-state index is 12.1. The third-order valence-electron chi connectivity index (χ3n) is 3.87. The van der Waals surface area contributed by atoms with Crippen molar-refractivity contribution >= 4 is 39.0 Å². The molecule has 0 aliphatic heterocycles. The lowest BCUT2D eigenvalue weighted by molar-refractivity contribution is 0.0929. The summed E-state index contributed by atoms with van der Waals surface area (Å²) in [4.78, 5) is 12.1. The molecule has 0 aliphatic rings. The minimum absolute atomic E-state index is 0.179. The standard InChI is InChI=1S/C20H19BrN2O3/c1-3-13(2)25-17-7-4-14(5-8-17)12-22-23-20(24)19-11-15-10-16(21)6-9-18(15)26-19/h4-13H,3H2,1-2H3,(H,23,24)/b22-12+/t13-/m0/s1. The molecule has 1 heterocycles. The summed E-state index contributed by atoms with van der Waals surface area (Å²) in [6.45, 7) is 4.11. The van der Waals surface area contributed by atoms with Crippen molar-refractivity contribution in [2.45, 2.75) is 26.4 Å². The van der Waals surface area contributed by atoms with Gasteiger partial charge in [-0.15, -0.1) is 0 Å². The summed E-state index contributed by atoms with van der Waals surface area (Å²) in [6.07, 6.45) is 2.70. The maximum absolute atomic E-state index is 12.1. The smallest absolute Gasteiger partial charge is 0.307 e. The van der Waals surface area contributed by atoms with Crippen molar-refractivity contribution in [3.63, 3.8) is 0 Å². The quantitative estimate of drug-likeness (QED) is 0.448. The van der Waals surface area contributed by atoms with Crippen LogP contribution in [-0.4, -0.2) is 18.2 Å². The number of carbonyl (C=O) groups excluding carboxylic acids is 1. The number of rotatable bonds is 6. The number of benzene rings is 2. The average molecular weight is 415 g/mol. The van der Waals surface area contributed by atoms with Crippen LogP contribution >= 0.6 is 15.9 Å². The van der Waals surface area contributed by atoms with Crippen molar-refractivity contribution in [3.05, 3.63) is 64.3 Å².